The molecule has 1 heterocycles. The van der Waals surface area contributed by atoms with Gasteiger partial charge in [0.2, 0.25) is 5.91 Å². The number of amides is 1. The molecular weight excluding hydrogens is 272 g/mol. The number of hydrogen-bond donors (Lipinski definition) is 1. The van der Waals surface area contributed by atoms with Gasteiger partial charge < -0.3 is 10.6 Å². The highest BCUT2D eigenvalue weighted by atomic mass is 35.5. The van der Waals surface area contributed by atoms with E-state index in [0.29, 0.717) is 0 Å². The fraction of sp³-hybridized carbons (Fsp3) is 0.562. The molecule has 2 atom stereocenters. The Morgan fingerprint density at radius 1 is 1.40 bits per heavy atom. The molecule has 2 rings (SSSR count). The van der Waals surface area contributed by atoms with Crippen LogP contribution >= 0.6 is 12.4 Å². The maximum atomic E-state index is 12.5. The smallest absolute Gasteiger partial charge is 0.244 e. The second kappa shape index (κ2) is 7.09. The van der Waals surface area contributed by atoms with Crippen LogP contribution in [0.2, 0.25) is 0 Å². The van der Waals surface area contributed by atoms with Gasteiger partial charge in [-0.3, -0.25) is 4.79 Å². The van der Waals surface area contributed by atoms with E-state index in [4.69, 9.17) is 5.73 Å². The van der Waals surface area contributed by atoms with Crippen molar-refractivity contribution in [2.45, 2.75) is 39.2 Å². The quantitative estimate of drug-likeness (QED) is 0.931. The molecule has 0 bridgehead atoms. The van der Waals surface area contributed by atoms with Gasteiger partial charge in [0.05, 0.1) is 0 Å². The summed E-state index contributed by atoms with van der Waals surface area (Å²) in [5, 5.41) is 0. The zero-order chi connectivity index (χ0) is 13.9. The maximum absolute atomic E-state index is 12.5. The molecule has 1 aliphatic heterocycles. The van der Waals surface area contributed by atoms with Crippen LogP contribution in [0.15, 0.2) is 30.3 Å². The summed E-state index contributed by atoms with van der Waals surface area (Å²) in [6.07, 6.45) is 3.39. The molecule has 0 aliphatic carbocycles. The minimum atomic E-state index is -0.527. The van der Waals surface area contributed by atoms with Crippen molar-refractivity contribution in [1.29, 1.82) is 0 Å². The second-order valence-corrected chi connectivity index (χ2v) is 5.92. The lowest BCUT2D eigenvalue weighted by molar-refractivity contribution is -0.136. The molecule has 1 saturated heterocycles. The topological polar surface area (TPSA) is 46.3 Å². The van der Waals surface area contributed by atoms with Crippen LogP contribution in [-0.4, -0.2) is 23.9 Å². The van der Waals surface area contributed by atoms with E-state index in [1.165, 1.54) is 6.42 Å². The molecule has 1 aromatic rings. The van der Waals surface area contributed by atoms with Crippen LogP contribution in [0, 0.1) is 5.41 Å². The molecule has 1 aliphatic rings. The number of benzene rings is 1. The van der Waals surface area contributed by atoms with Crippen molar-refractivity contribution in [2.75, 3.05) is 13.1 Å². The lowest BCUT2D eigenvalue weighted by Crippen LogP contribution is -2.47. The van der Waals surface area contributed by atoms with E-state index in [2.05, 4.69) is 13.8 Å². The van der Waals surface area contributed by atoms with E-state index in [1.54, 1.807) is 0 Å². The average molecular weight is 297 g/mol. The summed E-state index contributed by atoms with van der Waals surface area (Å²) in [6.45, 7) is 6.14. The van der Waals surface area contributed by atoms with Crippen molar-refractivity contribution in [3.63, 3.8) is 0 Å². The highest BCUT2D eigenvalue weighted by molar-refractivity contribution is 5.85. The van der Waals surface area contributed by atoms with Crippen molar-refractivity contribution in [1.82, 2.24) is 4.90 Å². The van der Waals surface area contributed by atoms with Gasteiger partial charge in [-0.1, -0.05) is 44.2 Å². The number of rotatable bonds is 3. The van der Waals surface area contributed by atoms with E-state index in [0.717, 1.165) is 31.5 Å². The average Bonchev–Trinajstić information content (AvgIpc) is 2.46. The first-order chi connectivity index (χ1) is 9.06. The molecule has 1 fully saturated rings. The molecule has 112 valence electrons. The molecule has 0 spiro atoms. The van der Waals surface area contributed by atoms with Gasteiger partial charge in [0.25, 0.3) is 0 Å². The molecule has 2 N–H and O–H groups in total. The lowest BCUT2D eigenvalue weighted by atomic mass is 9.79. The largest absolute Gasteiger partial charge is 0.341 e. The van der Waals surface area contributed by atoms with Crippen LogP contribution < -0.4 is 5.73 Å². The Morgan fingerprint density at radius 3 is 2.65 bits per heavy atom. The molecule has 0 radical (unpaired) electrons. The van der Waals surface area contributed by atoms with Gasteiger partial charge in [-0.05, 0) is 30.2 Å². The third-order valence-corrected chi connectivity index (χ3v) is 4.37. The second-order valence-electron chi connectivity index (χ2n) is 5.92. The fourth-order valence-electron chi connectivity index (χ4n) is 2.79. The summed E-state index contributed by atoms with van der Waals surface area (Å²) in [6, 6.07) is 9.11. The molecule has 20 heavy (non-hydrogen) atoms. The SMILES string of the molecule is CCC1(C)CCCN(C(=O)C(N)c2ccccc2)C1.Cl. The minimum Gasteiger partial charge on any atom is -0.341 e. The molecule has 3 nitrogen and oxygen atoms in total. The lowest BCUT2D eigenvalue weighted by Gasteiger charge is -2.41. The fourth-order valence-corrected chi connectivity index (χ4v) is 2.79. The third-order valence-electron chi connectivity index (χ3n) is 4.37. The molecular formula is C16H25ClN2O. The Hall–Kier alpha value is -1.06. The Labute approximate surface area is 127 Å². The van der Waals surface area contributed by atoms with Gasteiger partial charge >= 0.3 is 0 Å². The monoisotopic (exact) mass is 296 g/mol. The summed E-state index contributed by atoms with van der Waals surface area (Å²) in [4.78, 5) is 14.5. The first-order valence-corrected chi connectivity index (χ1v) is 7.15. The van der Waals surface area contributed by atoms with Gasteiger partial charge in [-0.15, -0.1) is 12.4 Å². The number of nitrogens with zero attached hydrogens (tertiary/aromatic N) is 1. The van der Waals surface area contributed by atoms with Crippen LogP contribution in [0.3, 0.4) is 0 Å². The van der Waals surface area contributed by atoms with Gasteiger partial charge in [-0.2, -0.15) is 0 Å². The normalized spacial score (nSPS) is 23.9. The Morgan fingerprint density at radius 2 is 2.05 bits per heavy atom. The van der Waals surface area contributed by atoms with Gasteiger partial charge in [0, 0.05) is 13.1 Å². The molecule has 1 amide bonds. The summed E-state index contributed by atoms with van der Waals surface area (Å²) < 4.78 is 0. The van der Waals surface area contributed by atoms with Crippen LogP contribution in [-0.2, 0) is 4.79 Å². The van der Waals surface area contributed by atoms with Crippen molar-refractivity contribution in [3.05, 3.63) is 35.9 Å². The first kappa shape index (κ1) is 17.0. The number of carbonyl (C=O) groups excluding carboxylic acids is 1. The zero-order valence-electron chi connectivity index (χ0n) is 12.3. The summed E-state index contributed by atoms with van der Waals surface area (Å²) in [7, 11) is 0. The number of hydrogen-bond acceptors (Lipinski definition) is 2. The van der Waals surface area contributed by atoms with E-state index >= 15 is 0 Å². The van der Waals surface area contributed by atoms with Crippen molar-refractivity contribution in [2.24, 2.45) is 11.1 Å². The highest BCUT2D eigenvalue weighted by Crippen LogP contribution is 2.33. The molecule has 0 aromatic heterocycles. The molecule has 2 unspecified atom stereocenters. The third kappa shape index (κ3) is 3.74. The van der Waals surface area contributed by atoms with E-state index in [9.17, 15) is 4.79 Å². The Bertz CT molecular complexity index is 437. The predicted octanol–water partition coefficient (Wildman–Crippen LogP) is 3.15. The van der Waals surface area contributed by atoms with Crippen LogP contribution in [0.25, 0.3) is 0 Å². The van der Waals surface area contributed by atoms with Gasteiger partial charge in [-0.25, -0.2) is 0 Å². The van der Waals surface area contributed by atoms with Crippen LogP contribution in [0.5, 0.6) is 0 Å². The predicted molar refractivity (Wildman–Crippen MR) is 84.8 cm³/mol. The van der Waals surface area contributed by atoms with E-state index in [-0.39, 0.29) is 23.7 Å². The highest BCUT2D eigenvalue weighted by Gasteiger charge is 2.33. The zero-order valence-corrected chi connectivity index (χ0v) is 13.2. The van der Waals surface area contributed by atoms with Crippen LogP contribution in [0.4, 0.5) is 0 Å². The number of piperidine rings is 1. The number of likely N-dealkylation sites (tertiary alicyclic amines) is 1. The molecule has 1 aromatic carbocycles. The van der Waals surface area contributed by atoms with Crippen molar-refractivity contribution >= 4 is 18.3 Å². The minimum absolute atomic E-state index is 0. The van der Waals surface area contributed by atoms with Crippen molar-refractivity contribution < 1.29 is 4.79 Å². The molecule has 0 saturated carbocycles. The summed E-state index contributed by atoms with van der Waals surface area (Å²) in [5.41, 5.74) is 7.26. The van der Waals surface area contributed by atoms with E-state index < -0.39 is 6.04 Å². The number of carbonyl (C=O) groups is 1. The first-order valence-electron chi connectivity index (χ1n) is 7.15. The van der Waals surface area contributed by atoms with Gasteiger partial charge in [0.1, 0.15) is 6.04 Å². The van der Waals surface area contributed by atoms with Crippen LogP contribution in [0.1, 0.15) is 44.7 Å². The molecule has 4 heteroatoms. The summed E-state index contributed by atoms with van der Waals surface area (Å²) in [5.74, 6) is 0.0607. The standard InChI is InChI=1S/C16H24N2O.ClH/c1-3-16(2)10-7-11-18(12-16)15(19)14(17)13-8-5-4-6-9-13;/h4-6,8-9,14H,3,7,10-12,17H2,1-2H3;1H. The van der Waals surface area contributed by atoms with Gasteiger partial charge in [0.15, 0.2) is 0 Å². The Balaban J connectivity index is 0.00000200. The maximum Gasteiger partial charge on any atom is 0.244 e. The summed E-state index contributed by atoms with van der Waals surface area (Å²) >= 11 is 0. The number of halogens is 1. The van der Waals surface area contributed by atoms with E-state index in [1.807, 2.05) is 35.2 Å². The number of nitrogens with two attached hydrogens (primary N) is 1. The Kier molecular flexibility index (Phi) is 6.03. The van der Waals surface area contributed by atoms with Crippen molar-refractivity contribution in [3.8, 4) is 0 Å².